The van der Waals surface area contributed by atoms with Crippen LogP contribution in [0, 0.1) is 13.8 Å². The second-order valence-corrected chi connectivity index (χ2v) is 6.38. The number of rotatable bonds is 4. The minimum atomic E-state index is -1.16. The van der Waals surface area contributed by atoms with Crippen molar-refractivity contribution in [2.75, 3.05) is 0 Å². The fourth-order valence-electron chi connectivity index (χ4n) is 2.99. The van der Waals surface area contributed by atoms with Crippen LogP contribution in [0.4, 0.5) is 0 Å². The van der Waals surface area contributed by atoms with Gasteiger partial charge in [-0.05, 0) is 49.6 Å². The van der Waals surface area contributed by atoms with Gasteiger partial charge in [-0.15, -0.1) is 0 Å². The molecule has 1 amide bonds. The molecule has 2 aromatic carbocycles. The quantitative estimate of drug-likeness (QED) is 0.881. The SMILES string of the molecule is Cc1cccc(C(NC(=O)C2Oc3ccccc3OC2C)C(=O)O)c1C. The van der Waals surface area contributed by atoms with Crippen LogP contribution in [0.15, 0.2) is 42.5 Å². The molecule has 1 heterocycles. The fraction of sp³-hybridized carbons (Fsp3) is 0.300. The number of carbonyl (C=O) groups excluding carboxylic acids is 1. The molecule has 6 nitrogen and oxygen atoms in total. The summed E-state index contributed by atoms with van der Waals surface area (Å²) in [6.45, 7) is 5.45. The maximum absolute atomic E-state index is 12.7. The second kappa shape index (κ2) is 7.07. The van der Waals surface area contributed by atoms with Gasteiger partial charge >= 0.3 is 5.97 Å². The Labute approximate surface area is 151 Å². The van der Waals surface area contributed by atoms with Crippen molar-refractivity contribution in [3.05, 3.63) is 59.2 Å². The lowest BCUT2D eigenvalue weighted by atomic mass is 9.97. The van der Waals surface area contributed by atoms with Gasteiger partial charge in [-0.2, -0.15) is 0 Å². The summed E-state index contributed by atoms with van der Waals surface area (Å²) in [7, 11) is 0. The van der Waals surface area contributed by atoms with Crippen molar-refractivity contribution in [3.8, 4) is 11.5 Å². The molecule has 0 radical (unpaired) electrons. The standard InChI is InChI=1S/C20H21NO5/c1-11-7-6-8-14(12(11)2)17(20(23)24)21-19(22)18-13(3)25-15-9-4-5-10-16(15)26-18/h4-10,13,17-18H,1-3H3,(H,21,22)(H,23,24). The first-order valence-electron chi connectivity index (χ1n) is 8.40. The van der Waals surface area contributed by atoms with Crippen LogP contribution in [0.2, 0.25) is 0 Å². The zero-order valence-corrected chi connectivity index (χ0v) is 14.9. The molecule has 0 spiro atoms. The summed E-state index contributed by atoms with van der Waals surface area (Å²) in [6.07, 6.45) is -1.48. The molecule has 2 N–H and O–H groups in total. The molecule has 0 fully saturated rings. The van der Waals surface area contributed by atoms with Gasteiger partial charge in [-0.1, -0.05) is 30.3 Å². The predicted octanol–water partition coefficient (Wildman–Crippen LogP) is 2.77. The number of carboxylic acids is 1. The summed E-state index contributed by atoms with van der Waals surface area (Å²) in [5, 5.41) is 12.2. The number of hydrogen-bond donors (Lipinski definition) is 2. The van der Waals surface area contributed by atoms with E-state index in [-0.39, 0.29) is 0 Å². The van der Waals surface area contributed by atoms with Crippen molar-refractivity contribution in [3.63, 3.8) is 0 Å². The maximum Gasteiger partial charge on any atom is 0.330 e. The van der Waals surface area contributed by atoms with E-state index in [1.165, 1.54) is 0 Å². The minimum absolute atomic E-state index is 0.462. The van der Waals surface area contributed by atoms with E-state index in [4.69, 9.17) is 9.47 Å². The number of nitrogens with one attached hydrogen (secondary N) is 1. The van der Waals surface area contributed by atoms with Gasteiger partial charge in [0.2, 0.25) is 6.10 Å². The Balaban J connectivity index is 1.83. The smallest absolute Gasteiger partial charge is 0.330 e. The third kappa shape index (κ3) is 3.35. The van der Waals surface area contributed by atoms with Crippen molar-refractivity contribution in [1.29, 1.82) is 0 Å². The Morgan fingerprint density at radius 3 is 2.35 bits per heavy atom. The van der Waals surface area contributed by atoms with Gasteiger partial charge in [0.05, 0.1) is 0 Å². The third-order valence-electron chi connectivity index (χ3n) is 4.59. The lowest BCUT2D eigenvalue weighted by Gasteiger charge is -2.31. The largest absolute Gasteiger partial charge is 0.482 e. The topological polar surface area (TPSA) is 84.9 Å². The number of ether oxygens (including phenoxy) is 2. The van der Waals surface area contributed by atoms with Crippen molar-refractivity contribution in [2.45, 2.75) is 39.0 Å². The normalized spacial score (nSPS) is 19.5. The van der Waals surface area contributed by atoms with E-state index in [2.05, 4.69) is 5.32 Å². The minimum Gasteiger partial charge on any atom is -0.482 e. The van der Waals surface area contributed by atoms with Crippen LogP contribution >= 0.6 is 0 Å². The van der Waals surface area contributed by atoms with Crippen LogP contribution in [-0.2, 0) is 9.59 Å². The Morgan fingerprint density at radius 2 is 1.69 bits per heavy atom. The van der Waals surface area contributed by atoms with Crippen LogP contribution < -0.4 is 14.8 Å². The lowest BCUT2D eigenvalue weighted by molar-refractivity contribution is -0.145. The molecular formula is C20H21NO5. The highest BCUT2D eigenvalue weighted by Gasteiger charge is 2.36. The molecule has 3 rings (SSSR count). The molecule has 3 unspecified atom stereocenters. The molecule has 2 aromatic rings. The first-order valence-corrected chi connectivity index (χ1v) is 8.40. The van der Waals surface area contributed by atoms with Crippen LogP contribution in [0.25, 0.3) is 0 Å². The number of benzene rings is 2. The number of carbonyl (C=O) groups is 2. The summed E-state index contributed by atoms with van der Waals surface area (Å²) in [5.74, 6) is -0.630. The van der Waals surface area contributed by atoms with E-state index in [0.717, 1.165) is 11.1 Å². The van der Waals surface area contributed by atoms with E-state index in [9.17, 15) is 14.7 Å². The van der Waals surface area contributed by atoms with Crippen LogP contribution in [-0.4, -0.2) is 29.2 Å². The summed E-state index contributed by atoms with van der Waals surface area (Å²) in [4.78, 5) is 24.5. The van der Waals surface area contributed by atoms with Crippen molar-refractivity contribution >= 4 is 11.9 Å². The number of hydrogen-bond acceptors (Lipinski definition) is 4. The zero-order valence-electron chi connectivity index (χ0n) is 14.9. The molecule has 136 valence electrons. The second-order valence-electron chi connectivity index (χ2n) is 6.38. The maximum atomic E-state index is 12.7. The van der Waals surface area contributed by atoms with Crippen molar-refractivity contribution in [1.82, 2.24) is 5.32 Å². The van der Waals surface area contributed by atoms with Crippen LogP contribution in [0.5, 0.6) is 11.5 Å². The van der Waals surface area contributed by atoms with E-state index >= 15 is 0 Å². The van der Waals surface area contributed by atoms with Gasteiger partial charge < -0.3 is 19.9 Å². The van der Waals surface area contributed by atoms with Gasteiger partial charge in [0.1, 0.15) is 6.10 Å². The van der Waals surface area contributed by atoms with E-state index in [1.807, 2.05) is 26.0 Å². The monoisotopic (exact) mass is 355 g/mol. The van der Waals surface area contributed by atoms with E-state index in [0.29, 0.717) is 17.1 Å². The van der Waals surface area contributed by atoms with Gasteiger partial charge in [0, 0.05) is 0 Å². The molecular weight excluding hydrogens is 334 g/mol. The van der Waals surface area contributed by atoms with Gasteiger partial charge in [0.25, 0.3) is 5.91 Å². The summed E-state index contributed by atoms with van der Waals surface area (Å²) in [6, 6.07) is 11.3. The molecule has 0 aromatic heterocycles. The number of amides is 1. The summed E-state index contributed by atoms with van der Waals surface area (Å²) >= 11 is 0. The molecule has 0 bridgehead atoms. The number of fused-ring (bicyclic) bond motifs is 1. The van der Waals surface area contributed by atoms with E-state index < -0.39 is 30.1 Å². The molecule has 0 aliphatic carbocycles. The Bertz CT molecular complexity index is 848. The first-order chi connectivity index (χ1) is 12.4. The molecule has 1 aliphatic heterocycles. The number of aryl methyl sites for hydroxylation is 1. The highest BCUT2D eigenvalue weighted by atomic mass is 16.6. The molecule has 0 saturated carbocycles. The Morgan fingerprint density at radius 1 is 1.04 bits per heavy atom. The molecule has 26 heavy (non-hydrogen) atoms. The van der Waals surface area contributed by atoms with Gasteiger partial charge in [-0.3, -0.25) is 4.79 Å². The lowest BCUT2D eigenvalue weighted by Crippen LogP contribution is -2.50. The van der Waals surface area contributed by atoms with Crippen LogP contribution in [0.1, 0.15) is 29.7 Å². The van der Waals surface area contributed by atoms with Crippen LogP contribution in [0.3, 0.4) is 0 Å². The average Bonchev–Trinajstić information content (AvgIpc) is 2.61. The number of carboxylic acid groups (broad SMARTS) is 1. The molecule has 3 atom stereocenters. The highest BCUT2D eigenvalue weighted by molar-refractivity contribution is 5.88. The highest BCUT2D eigenvalue weighted by Crippen LogP contribution is 2.33. The molecule has 6 heteroatoms. The number of para-hydroxylation sites is 2. The van der Waals surface area contributed by atoms with Gasteiger partial charge in [0.15, 0.2) is 17.5 Å². The summed E-state index contributed by atoms with van der Waals surface area (Å²) in [5.41, 5.74) is 2.34. The number of aliphatic carboxylic acids is 1. The molecule has 0 saturated heterocycles. The molecule has 1 aliphatic rings. The van der Waals surface area contributed by atoms with E-state index in [1.54, 1.807) is 37.3 Å². The Kier molecular flexibility index (Phi) is 4.84. The average molecular weight is 355 g/mol. The first kappa shape index (κ1) is 17.8. The zero-order chi connectivity index (χ0) is 18.8. The van der Waals surface area contributed by atoms with Gasteiger partial charge in [-0.25, -0.2) is 4.79 Å². The van der Waals surface area contributed by atoms with Crippen molar-refractivity contribution in [2.24, 2.45) is 0 Å². The van der Waals surface area contributed by atoms with Crippen molar-refractivity contribution < 1.29 is 24.2 Å². The Hall–Kier alpha value is -3.02. The predicted molar refractivity (Wildman–Crippen MR) is 95.4 cm³/mol. The fourth-order valence-corrected chi connectivity index (χ4v) is 2.99. The summed E-state index contributed by atoms with van der Waals surface area (Å²) < 4.78 is 11.5. The third-order valence-corrected chi connectivity index (χ3v) is 4.59.